The van der Waals surface area contributed by atoms with Crippen molar-refractivity contribution in [3.63, 3.8) is 0 Å². The zero-order chi connectivity index (χ0) is 12.4. The number of nitrogens with one attached hydrogen (secondary N) is 2. The van der Waals surface area contributed by atoms with Crippen molar-refractivity contribution in [2.45, 2.75) is 6.42 Å². The molecular formula is C11H10N2O4. The van der Waals surface area contributed by atoms with Gasteiger partial charge in [0.15, 0.2) is 11.8 Å². The Morgan fingerprint density at radius 3 is 2.59 bits per heavy atom. The maximum absolute atomic E-state index is 11.2. The quantitative estimate of drug-likeness (QED) is 0.569. The van der Waals surface area contributed by atoms with Gasteiger partial charge in [-0.2, -0.15) is 0 Å². The van der Waals surface area contributed by atoms with Crippen LogP contribution in [0.25, 0.3) is 6.08 Å². The first-order valence-corrected chi connectivity index (χ1v) is 4.89. The summed E-state index contributed by atoms with van der Waals surface area (Å²) in [6.07, 6.45) is 4.68. The fourth-order valence-electron chi connectivity index (χ4n) is 1.49. The lowest BCUT2D eigenvalue weighted by Crippen LogP contribution is -2.21. The van der Waals surface area contributed by atoms with E-state index in [1.54, 1.807) is 12.2 Å². The monoisotopic (exact) mass is 234 g/mol. The normalized spacial score (nSPS) is 15.4. The molecule has 0 atom stereocenters. The van der Waals surface area contributed by atoms with E-state index in [1.165, 1.54) is 12.1 Å². The summed E-state index contributed by atoms with van der Waals surface area (Å²) >= 11 is 0. The van der Waals surface area contributed by atoms with E-state index >= 15 is 0 Å². The van der Waals surface area contributed by atoms with Gasteiger partial charge in [0.25, 0.3) is 11.8 Å². The summed E-state index contributed by atoms with van der Waals surface area (Å²) in [6, 6.07) is 1.35. The molecule has 0 saturated carbocycles. The minimum absolute atomic E-state index is 0.143. The Kier molecular flexibility index (Phi) is 2.70. The number of amides is 2. The first-order valence-electron chi connectivity index (χ1n) is 4.89. The molecule has 17 heavy (non-hydrogen) atoms. The number of aromatic hydroxyl groups is 2. The van der Waals surface area contributed by atoms with E-state index in [1.807, 2.05) is 0 Å². The minimum atomic E-state index is -0.416. The summed E-state index contributed by atoms with van der Waals surface area (Å²) in [6.45, 7) is 0. The molecule has 88 valence electrons. The first kappa shape index (κ1) is 11.0. The van der Waals surface area contributed by atoms with Gasteiger partial charge in [-0.15, -0.1) is 0 Å². The highest BCUT2D eigenvalue weighted by atomic mass is 16.3. The molecule has 0 aliphatic carbocycles. The molecule has 0 saturated heterocycles. The van der Waals surface area contributed by atoms with Gasteiger partial charge in [-0.1, -0.05) is 12.2 Å². The third kappa shape index (κ3) is 2.36. The number of hydrogen-bond acceptors (Lipinski definition) is 4. The number of hydrogen-bond donors (Lipinski definition) is 4. The van der Waals surface area contributed by atoms with Crippen LogP contribution >= 0.6 is 0 Å². The topological polar surface area (TPSA) is 102 Å². The fourth-order valence-corrected chi connectivity index (χ4v) is 1.49. The molecule has 1 aromatic rings. The van der Waals surface area contributed by atoms with E-state index in [2.05, 4.69) is 10.3 Å². The zero-order valence-corrected chi connectivity index (χ0v) is 8.73. The lowest BCUT2D eigenvalue weighted by molar-refractivity contribution is -0.123. The van der Waals surface area contributed by atoms with Crippen molar-refractivity contribution in [2.24, 2.45) is 0 Å². The van der Waals surface area contributed by atoms with Crippen LogP contribution < -0.4 is 5.32 Å². The number of imide groups is 1. The maximum atomic E-state index is 11.2. The molecule has 1 aromatic heterocycles. The zero-order valence-electron chi connectivity index (χ0n) is 8.73. The highest BCUT2D eigenvalue weighted by Crippen LogP contribution is 2.23. The van der Waals surface area contributed by atoms with Gasteiger partial charge in [0.2, 0.25) is 0 Å². The molecule has 0 fully saturated rings. The number of rotatable bonds is 3. The van der Waals surface area contributed by atoms with E-state index in [0.29, 0.717) is 11.1 Å². The second kappa shape index (κ2) is 4.17. The van der Waals surface area contributed by atoms with Crippen LogP contribution in [0.15, 0.2) is 23.8 Å². The van der Waals surface area contributed by atoms with Crippen molar-refractivity contribution >= 4 is 17.9 Å². The average Bonchev–Trinajstić information content (AvgIpc) is 2.71. The molecule has 2 amide bonds. The molecular weight excluding hydrogens is 224 g/mol. The van der Waals surface area contributed by atoms with E-state index in [9.17, 15) is 14.7 Å². The van der Waals surface area contributed by atoms with Gasteiger partial charge in [0.1, 0.15) is 0 Å². The molecule has 0 aromatic carbocycles. The molecule has 0 unspecified atom stereocenters. The smallest absolute Gasteiger partial charge is 0.254 e. The number of carbonyl (C=O) groups excluding carboxylic acids is 2. The highest BCUT2D eigenvalue weighted by Gasteiger charge is 2.18. The van der Waals surface area contributed by atoms with Gasteiger partial charge in [-0.25, -0.2) is 0 Å². The van der Waals surface area contributed by atoms with E-state index in [4.69, 9.17) is 5.11 Å². The Balaban J connectivity index is 2.03. The second-order valence-corrected chi connectivity index (χ2v) is 3.55. The Labute approximate surface area is 96.3 Å². The van der Waals surface area contributed by atoms with E-state index < -0.39 is 11.8 Å². The lowest BCUT2D eigenvalue weighted by Gasteiger charge is -1.93. The van der Waals surface area contributed by atoms with Crippen molar-refractivity contribution in [2.75, 3.05) is 0 Å². The van der Waals surface area contributed by atoms with Gasteiger partial charge < -0.3 is 10.2 Å². The summed E-state index contributed by atoms with van der Waals surface area (Å²) in [4.78, 5) is 24.3. The number of H-pyrrole nitrogens is 1. The number of aromatic amines is 1. The van der Waals surface area contributed by atoms with Gasteiger partial charge in [0, 0.05) is 23.3 Å². The Morgan fingerprint density at radius 2 is 2.06 bits per heavy atom. The number of carbonyl (C=O) groups is 2. The molecule has 4 N–H and O–H groups in total. The molecule has 6 heteroatoms. The molecule has 2 rings (SSSR count). The summed E-state index contributed by atoms with van der Waals surface area (Å²) in [5.74, 6) is -1.11. The van der Waals surface area contributed by atoms with Crippen molar-refractivity contribution in [3.05, 3.63) is 29.4 Å². The third-order valence-electron chi connectivity index (χ3n) is 2.28. The largest absolute Gasteiger partial charge is 0.494 e. The van der Waals surface area contributed by atoms with Crippen LogP contribution in [0.2, 0.25) is 0 Å². The lowest BCUT2D eigenvalue weighted by atomic mass is 10.1. The first-order chi connectivity index (χ1) is 8.06. The van der Waals surface area contributed by atoms with Crippen LogP contribution in [-0.2, 0) is 9.59 Å². The SMILES string of the molecule is O=C1C=C(CC=Cc2cc(O)[nH]c2O)C(=O)N1. The standard InChI is InChI=1S/C11H10N2O4/c14-8-4-6(10(16)12-8)2-1-3-7-5-9(15)13-11(7)17/h1-2,4-5,12,14,16H,3H2,(H,13,15,17). The van der Waals surface area contributed by atoms with Gasteiger partial charge in [0.05, 0.1) is 0 Å². The van der Waals surface area contributed by atoms with Gasteiger partial charge in [-0.05, 0) is 6.42 Å². The van der Waals surface area contributed by atoms with Crippen LogP contribution in [0.1, 0.15) is 12.0 Å². The third-order valence-corrected chi connectivity index (χ3v) is 2.28. The van der Waals surface area contributed by atoms with Crippen molar-refractivity contribution in [3.8, 4) is 11.8 Å². The van der Waals surface area contributed by atoms with E-state index in [-0.39, 0.29) is 18.2 Å². The molecule has 1 aliphatic rings. The minimum Gasteiger partial charge on any atom is -0.494 e. The number of allylic oxidation sites excluding steroid dienone is 1. The number of aromatic nitrogens is 1. The van der Waals surface area contributed by atoms with Crippen LogP contribution in [0.4, 0.5) is 0 Å². The summed E-state index contributed by atoms with van der Waals surface area (Å²) in [7, 11) is 0. The fraction of sp³-hybridized carbons (Fsp3) is 0.0909. The van der Waals surface area contributed by atoms with Gasteiger partial charge >= 0.3 is 0 Å². The van der Waals surface area contributed by atoms with Gasteiger partial charge in [-0.3, -0.25) is 19.9 Å². The molecule has 0 radical (unpaired) electrons. The van der Waals surface area contributed by atoms with Crippen LogP contribution in [0, 0.1) is 0 Å². The predicted molar refractivity (Wildman–Crippen MR) is 59.0 cm³/mol. The van der Waals surface area contributed by atoms with Crippen LogP contribution in [0.5, 0.6) is 11.8 Å². The Bertz CT molecular complexity index is 540. The van der Waals surface area contributed by atoms with Crippen LogP contribution in [-0.4, -0.2) is 27.0 Å². The van der Waals surface area contributed by atoms with Crippen molar-refractivity contribution < 1.29 is 19.8 Å². The maximum Gasteiger partial charge on any atom is 0.254 e. The molecule has 6 nitrogen and oxygen atoms in total. The molecule has 2 heterocycles. The Morgan fingerprint density at radius 1 is 1.29 bits per heavy atom. The summed E-state index contributed by atoms with van der Waals surface area (Å²) < 4.78 is 0. The van der Waals surface area contributed by atoms with Crippen LogP contribution in [0.3, 0.4) is 0 Å². The predicted octanol–water partition coefficient (Wildman–Crippen LogP) is 0.412. The highest BCUT2D eigenvalue weighted by molar-refractivity contribution is 6.16. The molecule has 1 aliphatic heterocycles. The average molecular weight is 234 g/mol. The van der Waals surface area contributed by atoms with E-state index in [0.717, 1.165) is 0 Å². The molecule has 0 spiro atoms. The molecule has 0 bridgehead atoms. The summed E-state index contributed by atoms with van der Waals surface area (Å²) in [5.41, 5.74) is 0.776. The summed E-state index contributed by atoms with van der Waals surface area (Å²) in [5, 5.41) is 20.5. The van der Waals surface area contributed by atoms with Crippen molar-refractivity contribution in [1.82, 2.24) is 10.3 Å². The second-order valence-electron chi connectivity index (χ2n) is 3.55. The van der Waals surface area contributed by atoms with Crippen molar-refractivity contribution in [1.29, 1.82) is 0 Å². The Hall–Kier alpha value is -2.50.